The van der Waals surface area contributed by atoms with Crippen LogP contribution < -0.4 is 10.6 Å². The van der Waals surface area contributed by atoms with Gasteiger partial charge in [-0.15, -0.1) is 0 Å². The van der Waals surface area contributed by atoms with Gasteiger partial charge in [0.25, 0.3) is 0 Å². The van der Waals surface area contributed by atoms with E-state index in [1.54, 1.807) is 82.2 Å². The number of hydrogen-bond acceptors (Lipinski definition) is 5. The van der Waals surface area contributed by atoms with Crippen LogP contribution in [0, 0.1) is 5.41 Å². The summed E-state index contributed by atoms with van der Waals surface area (Å²) in [5.74, 6) is -0.627. The zero-order chi connectivity index (χ0) is 27.4. The van der Waals surface area contributed by atoms with Crippen LogP contribution in [-0.2, 0) is 4.79 Å². The second kappa shape index (κ2) is 10.8. The van der Waals surface area contributed by atoms with Gasteiger partial charge in [-0.3, -0.25) is 14.2 Å². The van der Waals surface area contributed by atoms with Crippen molar-refractivity contribution < 1.29 is 22.8 Å². The summed E-state index contributed by atoms with van der Waals surface area (Å²) in [4.78, 5) is 34.5. The van der Waals surface area contributed by atoms with Crippen LogP contribution in [0.25, 0.3) is 16.9 Å². The molecule has 0 radical (unpaired) electrons. The van der Waals surface area contributed by atoms with Crippen LogP contribution >= 0.6 is 0 Å². The van der Waals surface area contributed by atoms with Crippen molar-refractivity contribution in [3.63, 3.8) is 0 Å². The van der Waals surface area contributed by atoms with Crippen LogP contribution in [0.4, 0.5) is 23.7 Å². The second-order valence-corrected chi connectivity index (χ2v) is 9.06. The number of likely N-dealkylation sites (N-methyl/N-ethyl adjacent to an activating group) is 1. The zero-order valence-electron chi connectivity index (χ0n) is 20.8. The Morgan fingerprint density at radius 2 is 1.95 bits per heavy atom. The van der Waals surface area contributed by atoms with Gasteiger partial charge in [-0.25, -0.2) is 9.78 Å². The summed E-state index contributed by atoms with van der Waals surface area (Å²) in [6.45, 7) is 1.98. The first-order valence-electron chi connectivity index (χ1n) is 11.3. The van der Waals surface area contributed by atoms with Gasteiger partial charge in [-0.05, 0) is 43.7 Å². The molecule has 0 saturated carbocycles. The van der Waals surface area contributed by atoms with E-state index in [1.165, 1.54) is 11.1 Å². The van der Waals surface area contributed by atoms with Crippen molar-refractivity contribution in [2.75, 3.05) is 26.0 Å². The normalized spacial score (nSPS) is 12.9. The average molecular weight is 516 g/mol. The molecule has 0 aliphatic carbocycles. The van der Waals surface area contributed by atoms with Gasteiger partial charge < -0.3 is 20.9 Å². The maximum Gasteiger partial charge on any atom is 0.405 e. The van der Waals surface area contributed by atoms with E-state index >= 15 is 0 Å². The largest absolute Gasteiger partial charge is 0.405 e. The number of halogens is 3. The number of benzene rings is 1. The van der Waals surface area contributed by atoms with Gasteiger partial charge >= 0.3 is 12.2 Å². The molecule has 3 aromatic rings. The fraction of sp³-hybridized carbons (Fsp3) is 0.320. The fourth-order valence-corrected chi connectivity index (χ4v) is 3.62. The number of amides is 3. The number of aromatic nitrogens is 2. The summed E-state index contributed by atoms with van der Waals surface area (Å²) in [6, 6.07) is 9.29. The van der Waals surface area contributed by atoms with E-state index in [0.29, 0.717) is 22.6 Å². The minimum absolute atomic E-state index is 0.157. The van der Waals surface area contributed by atoms with Crippen LogP contribution in [0.2, 0.25) is 0 Å². The second-order valence-electron chi connectivity index (χ2n) is 9.06. The lowest BCUT2D eigenvalue weighted by atomic mass is 10.0. The van der Waals surface area contributed by atoms with E-state index in [-0.39, 0.29) is 5.91 Å². The Balaban J connectivity index is 1.82. The summed E-state index contributed by atoms with van der Waals surface area (Å²) in [5.41, 5.74) is 2.07. The SMILES string of the molecule is CN(C)C(=O)C(C)(C)N=CC(C=N)c1ccn2c(-c3cccc(NC(=O)NCC(F)(F)F)c3)cnc2c1. The molecule has 0 saturated heterocycles. The fourth-order valence-electron chi connectivity index (χ4n) is 3.62. The zero-order valence-corrected chi connectivity index (χ0v) is 20.8. The molecule has 196 valence electrons. The molecular formula is C25H28F3N7O2. The number of rotatable bonds is 8. The molecule has 3 rings (SSSR count). The molecule has 1 atom stereocenters. The monoisotopic (exact) mass is 515 g/mol. The predicted molar refractivity (Wildman–Crippen MR) is 136 cm³/mol. The van der Waals surface area contributed by atoms with Gasteiger partial charge in [0.15, 0.2) is 0 Å². The van der Waals surface area contributed by atoms with Crippen molar-refractivity contribution in [2.24, 2.45) is 4.99 Å². The van der Waals surface area contributed by atoms with Crippen LogP contribution in [0.15, 0.2) is 53.8 Å². The van der Waals surface area contributed by atoms with Crippen molar-refractivity contribution in [3.05, 3.63) is 54.4 Å². The van der Waals surface area contributed by atoms with E-state index in [2.05, 4.69) is 15.3 Å². The Morgan fingerprint density at radius 1 is 1.22 bits per heavy atom. The van der Waals surface area contributed by atoms with Crippen LogP contribution in [-0.4, -0.2) is 71.0 Å². The van der Waals surface area contributed by atoms with Crippen LogP contribution in [0.3, 0.4) is 0 Å². The van der Waals surface area contributed by atoms with E-state index in [0.717, 1.165) is 5.56 Å². The highest BCUT2D eigenvalue weighted by atomic mass is 19.4. The highest BCUT2D eigenvalue weighted by Gasteiger charge is 2.28. The number of nitrogens with one attached hydrogen (secondary N) is 3. The molecular weight excluding hydrogens is 487 g/mol. The highest BCUT2D eigenvalue weighted by Crippen LogP contribution is 2.26. The number of anilines is 1. The van der Waals surface area contributed by atoms with Gasteiger partial charge in [0.2, 0.25) is 5.91 Å². The smallest absolute Gasteiger partial charge is 0.347 e. The van der Waals surface area contributed by atoms with E-state index in [9.17, 15) is 22.8 Å². The molecule has 0 aliphatic rings. The maximum atomic E-state index is 12.3. The number of carbonyl (C=O) groups excluding carboxylic acids is 2. The third-order valence-electron chi connectivity index (χ3n) is 5.45. The molecule has 1 unspecified atom stereocenters. The number of carbonyl (C=O) groups is 2. The molecule has 3 amide bonds. The molecule has 0 spiro atoms. The molecule has 37 heavy (non-hydrogen) atoms. The topological polar surface area (TPSA) is 115 Å². The van der Waals surface area contributed by atoms with Gasteiger partial charge in [-0.1, -0.05) is 12.1 Å². The Labute approximate surface area is 211 Å². The van der Waals surface area contributed by atoms with Crippen LogP contribution in [0.5, 0.6) is 0 Å². The Morgan fingerprint density at radius 3 is 2.59 bits per heavy atom. The third kappa shape index (κ3) is 6.93. The first-order chi connectivity index (χ1) is 17.3. The third-order valence-corrected chi connectivity index (χ3v) is 5.45. The number of hydrogen-bond donors (Lipinski definition) is 3. The number of pyridine rings is 1. The van der Waals surface area contributed by atoms with Crippen molar-refractivity contribution in [3.8, 4) is 11.3 Å². The molecule has 1 aromatic carbocycles. The molecule has 0 aliphatic heterocycles. The van der Waals surface area contributed by atoms with Crippen molar-refractivity contribution in [2.45, 2.75) is 31.5 Å². The standard InChI is InChI=1S/C25H28F3N7O2/c1-24(2,22(36)34(3)4)32-13-18(12-29)16-8-9-35-20(14-30-21(35)11-16)17-6-5-7-19(10-17)33-23(37)31-15-25(26,27)28/h5-14,18,29H,15H2,1-4H3,(H2,31,33,37). The Bertz CT molecular complexity index is 1330. The molecule has 2 aromatic heterocycles. The van der Waals surface area contributed by atoms with E-state index < -0.39 is 30.2 Å². The first-order valence-corrected chi connectivity index (χ1v) is 11.3. The van der Waals surface area contributed by atoms with Crippen LogP contribution in [0.1, 0.15) is 25.3 Å². The van der Waals surface area contributed by atoms with Gasteiger partial charge in [0.05, 0.1) is 17.8 Å². The predicted octanol–water partition coefficient (Wildman–Crippen LogP) is 4.36. The van der Waals surface area contributed by atoms with Crippen molar-refractivity contribution >= 4 is 35.7 Å². The highest BCUT2D eigenvalue weighted by molar-refractivity contribution is 5.93. The number of urea groups is 1. The lowest BCUT2D eigenvalue weighted by Gasteiger charge is -2.23. The molecule has 9 nitrogen and oxygen atoms in total. The van der Waals surface area contributed by atoms with Gasteiger partial charge in [0.1, 0.15) is 17.7 Å². The van der Waals surface area contributed by atoms with E-state index in [4.69, 9.17) is 5.41 Å². The maximum absolute atomic E-state index is 12.3. The Kier molecular flexibility index (Phi) is 7.99. The summed E-state index contributed by atoms with van der Waals surface area (Å²) in [7, 11) is 3.32. The molecule has 3 N–H and O–H groups in total. The lowest BCUT2D eigenvalue weighted by Crippen LogP contribution is -2.40. The molecule has 0 fully saturated rings. The number of imidazole rings is 1. The molecule has 2 heterocycles. The Hall–Kier alpha value is -4.22. The average Bonchev–Trinajstić information content (AvgIpc) is 3.26. The van der Waals surface area contributed by atoms with Crippen molar-refractivity contribution in [1.29, 1.82) is 5.41 Å². The van der Waals surface area contributed by atoms with Gasteiger partial charge in [0, 0.05) is 44.0 Å². The number of aliphatic imine (C=N–C) groups is 1. The minimum atomic E-state index is -4.50. The number of nitrogens with zero attached hydrogens (tertiary/aromatic N) is 4. The van der Waals surface area contributed by atoms with Gasteiger partial charge in [-0.2, -0.15) is 13.2 Å². The number of alkyl halides is 3. The molecule has 0 bridgehead atoms. The van der Waals surface area contributed by atoms with E-state index in [1.807, 2.05) is 10.5 Å². The summed E-state index contributed by atoms with van der Waals surface area (Å²) in [5, 5.41) is 12.0. The quantitative estimate of drug-likeness (QED) is 0.387. The summed E-state index contributed by atoms with van der Waals surface area (Å²) in [6.07, 6.45) is 1.71. The molecule has 12 heteroatoms. The number of fused-ring (bicyclic) bond motifs is 1. The van der Waals surface area contributed by atoms with Crippen molar-refractivity contribution in [1.82, 2.24) is 19.6 Å². The lowest BCUT2D eigenvalue weighted by molar-refractivity contribution is -0.133. The summed E-state index contributed by atoms with van der Waals surface area (Å²) < 4.78 is 38.8. The minimum Gasteiger partial charge on any atom is -0.347 e. The summed E-state index contributed by atoms with van der Waals surface area (Å²) >= 11 is 0. The first kappa shape index (κ1) is 27.4.